The molecule has 0 bridgehead atoms. The molecule has 0 atom stereocenters. The molecule has 5 heteroatoms. The third kappa shape index (κ3) is 3.67. The van der Waals surface area contributed by atoms with Crippen molar-refractivity contribution in [2.24, 2.45) is 0 Å². The zero-order valence-electron chi connectivity index (χ0n) is 13.3. The molecule has 0 N–H and O–H groups in total. The Morgan fingerprint density at radius 3 is 2.55 bits per heavy atom. The van der Waals surface area contributed by atoms with Crippen molar-refractivity contribution in [1.82, 2.24) is 4.90 Å². The van der Waals surface area contributed by atoms with Gasteiger partial charge in [0.1, 0.15) is 17.5 Å². The van der Waals surface area contributed by atoms with Crippen molar-refractivity contribution < 1.29 is 14.3 Å². The summed E-state index contributed by atoms with van der Waals surface area (Å²) in [5.74, 6) is 1.43. The van der Waals surface area contributed by atoms with E-state index < -0.39 is 5.60 Å². The van der Waals surface area contributed by atoms with E-state index in [0.29, 0.717) is 19.0 Å². The van der Waals surface area contributed by atoms with E-state index >= 15 is 0 Å². The zero-order valence-corrected chi connectivity index (χ0v) is 14.0. The summed E-state index contributed by atoms with van der Waals surface area (Å²) < 4.78 is 11.3. The molecule has 1 aromatic carbocycles. The standard InChI is InChI=1S/C17H22ClNO3/c1-17(2,3)22-16(20)19-9-13(10-19)21-12-6-7-15(18)14(8-12)11-4-5-11/h6-8,11,13H,4-5,9-10H2,1-3H3. The Hall–Kier alpha value is -1.42. The molecule has 1 saturated carbocycles. The topological polar surface area (TPSA) is 38.8 Å². The second-order valence-electron chi connectivity index (χ2n) is 7.08. The quantitative estimate of drug-likeness (QED) is 0.836. The van der Waals surface area contributed by atoms with Crippen LogP contribution in [-0.4, -0.2) is 35.8 Å². The van der Waals surface area contributed by atoms with E-state index in [1.807, 2.05) is 39.0 Å². The Morgan fingerprint density at radius 1 is 1.27 bits per heavy atom. The minimum atomic E-state index is -0.460. The van der Waals surface area contributed by atoms with Crippen LogP contribution in [0.1, 0.15) is 45.1 Å². The molecule has 1 saturated heterocycles. The van der Waals surface area contributed by atoms with Gasteiger partial charge < -0.3 is 14.4 Å². The molecule has 1 aromatic rings. The van der Waals surface area contributed by atoms with Gasteiger partial charge in [-0.3, -0.25) is 0 Å². The highest BCUT2D eigenvalue weighted by Crippen LogP contribution is 2.44. The first-order chi connectivity index (χ1) is 10.3. The van der Waals surface area contributed by atoms with E-state index in [4.69, 9.17) is 21.1 Å². The minimum absolute atomic E-state index is 0.0285. The van der Waals surface area contributed by atoms with E-state index in [1.165, 1.54) is 18.4 Å². The molecule has 1 heterocycles. The van der Waals surface area contributed by atoms with Gasteiger partial charge in [0.05, 0.1) is 13.1 Å². The summed E-state index contributed by atoms with van der Waals surface area (Å²) in [7, 11) is 0. The largest absolute Gasteiger partial charge is 0.487 e. The lowest BCUT2D eigenvalue weighted by Gasteiger charge is -2.39. The van der Waals surface area contributed by atoms with Gasteiger partial charge in [0.2, 0.25) is 0 Å². The van der Waals surface area contributed by atoms with Crippen LogP contribution < -0.4 is 4.74 Å². The summed E-state index contributed by atoms with van der Waals surface area (Å²) in [6.07, 6.45) is 2.17. The first kappa shape index (κ1) is 15.5. The summed E-state index contributed by atoms with van der Waals surface area (Å²) >= 11 is 6.22. The molecular formula is C17H22ClNO3. The molecular weight excluding hydrogens is 302 g/mol. The molecule has 0 aromatic heterocycles. The van der Waals surface area contributed by atoms with Gasteiger partial charge in [-0.1, -0.05) is 11.6 Å². The maximum atomic E-state index is 11.9. The number of carbonyl (C=O) groups is 1. The summed E-state index contributed by atoms with van der Waals surface area (Å²) in [5.41, 5.74) is 0.723. The number of rotatable bonds is 3. The van der Waals surface area contributed by atoms with Crippen molar-refractivity contribution in [3.63, 3.8) is 0 Å². The average molecular weight is 324 g/mol. The van der Waals surface area contributed by atoms with Gasteiger partial charge in [0.15, 0.2) is 0 Å². The van der Waals surface area contributed by atoms with Crippen molar-refractivity contribution in [3.8, 4) is 5.75 Å². The lowest BCUT2D eigenvalue weighted by molar-refractivity contribution is -0.0221. The van der Waals surface area contributed by atoms with Gasteiger partial charge in [-0.2, -0.15) is 0 Å². The van der Waals surface area contributed by atoms with Gasteiger partial charge in [0, 0.05) is 5.02 Å². The van der Waals surface area contributed by atoms with Crippen LogP contribution in [-0.2, 0) is 4.74 Å². The molecule has 0 spiro atoms. The number of carbonyl (C=O) groups excluding carboxylic acids is 1. The average Bonchev–Trinajstić information content (AvgIpc) is 3.16. The van der Waals surface area contributed by atoms with Crippen molar-refractivity contribution in [3.05, 3.63) is 28.8 Å². The first-order valence-corrected chi connectivity index (χ1v) is 8.13. The molecule has 1 amide bonds. The van der Waals surface area contributed by atoms with Gasteiger partial charge in [-0.25, -0.2) is 4.79 Å². The Balaban J connectivity index is 1.52. The second kappa shape index (κ2) is 5.65. The van der Waals surface area contributed by atoms with Gasteiger partial charge in [-0.05, 0) is 63.3 Å². The molecule has 0 radical (unpaired) electrons. The number of likely N-dealkylation sites (tertiary alicyclic amines) is 1. The molecule has 3 rings (SSSR count). The van der Waals surface area contributed by atoms with Crippen LogP contribution in [0.3, 0.4) is 0 Å². The molecule has 1 aliphatic heterocycles. The first-order valence-electron chi connectivity index (χ1n) is 7.76. The SMILES string of the molecule is CC(C)(C)OC(=O)N1CC(Oc2ccc(Cl)c(C3CC3)c2)C1. The summed E-state index contributed by atoms with van der Waals surface area (Å²) in [5, 5.41) is 0.818. The monoisotopic (exact) mass is 323 g/mol. The maximum Gasteiger partial charge on any atom is 0.410 e. The van der Waals surface area contributed by atoms with Crippen LogP contribution in [0.4, 0.5) is 4.79 Å². The normalized spacial score (nSPS) is 18.8. The Labute approximate surface area is 136 Å². The highest BCUT2D eigenvalue weighted by atomic mass is 35.5. The molecule has 2 fully saturated rings. The highest BCUT2D eigenvalue weighted by Gasteiger charge is 2.35. The maximum absolute atomic E-state index is 11.9. The van der Waals surface area contributed by atoms with Crippen LogP contribution >= 0.6 is 11.6 Å². The third-order valence-electron chi connectivity index (χ3n) is 3.79. The lowest BCUT2D eigenvalue weighted by atomic mass is 10.1. The number of amides is 1. The zero-order chi connectivity index (χ0) is 15.9. The molecule has 22 heavy (non-hydrogen) atoms. The number of hydrogen-bond donors (Lipinski definition) is 0. The Morgan fingerprint density at radius 2 is 1.95 bits per heavy atom. The smallest absolute Gasteiger partial charge is 0.410 e. The van der Waals surface area contributed by atoms with Crippen LogP contribution in [0.15, 0.2) is 18.2 Å². The highest BCUT2D eigenvalue weighted by molar-refractivity contribution is 6.31. The van der Waals surface area contributed by atoms with Crippen LogP contribution in [0.25, 0.3) is 0 Å². The van der Waals surface area contributed by atoms with Crippen molar-refractivity contribution >= 4 is 17.7 Å². The van der Waals surface area contributed by atoms with Crippen molar-refractivity contribution in [1.29, 1.82) is 0 Å². The minimum Gasteiger partial charge on any atom is -0.487 e. The van der Waals surface area contributed by atoms with E-state index in [9.17, 15) is 4.79 Å². The van der Waals surface area contributed by atoms with E-state index in [0.717, 1.165) is 10.8 Å². The number of hydrogen-bond acceptors (Lipinski definition) is 3. The van der Waals surface area contributed by atoms with Crippen LogP contribution in [0.5, 0.6) is 5.75 Å². The summed E-state index contributed by atoms with van der Waals surface area (Å²) in [6.45, 7) is 6.73. The fourth-order valence-electron chi connectivity index (χ4n) is 2.48. The molecule has 1 aliphatic carbocycles. The number of halogens is 1. The van der Waals surface area contributed by atoms with Crippen molar-refractivity contribution in [2.45, 2.75) is 51.2 Å². The summed E-state index contributed by atoms with van der Waals surface area (Å²) in [6, 6.07) is 5.83. The van der Waals surface area contributed by atoms with Gasteiger partial charge in [-0.15, -0.1) is 0 Å². The van der Waals surface area contributed by atoms with E-state index in [2.05, 4.69) is 0 Å². The van der Waals surface area contributed by atoms with Gasteiger partial charge in [0.25, 0.3) is 0 Å². The van der Waals surface area contributed by atoms with Crippen LogP contribution in [0.2, 0.25) is 5.02 Å². The molecule has 2 aliphatic rings. The Kier molecular flexibility index (Phi) is 3.98. The molecule has 4 nitrogen and oxygen atoms in total. The van der Waals surface area contributed by atoms with Crippen LogP contribution in [0, 0.1) is 0 Å². The summed E-state index contributed by atoms with van der Waals surface area (Å²) in [4.78, 5) is 13.5. The molecule has 120 valence electrons. The fourth-order valence-corrected chi connectivity index (χ4v) is 2.75. The third-order valence-corrected chi connectivity index (χ3v) is 4.13. The van der Waals surface area contributed by atoms with E-state index in [1.54, 1.807) is 4.90 Å². The predicted octanol–water partition coefficient (Wildman–Crippen LogP) is 4.22. The lowest BCUT2D eigenvalue weighted by Crippen LogP contribution is -2.57. The molecule has 0 unspecified atom stereocenters. The van der Waals surface area contributed by atoms with E-state index in [-0.39, 0.29) is 12.2 Å². The fraction of sp³-hybridized carbons (Fsp3) is 0.588. The number of ether oxygens (including phenoxy) is 2. The second-order valence-corrected chi connectivity index (χ2v) is 7.49. The Bertz CT molecular complexity index is 572. The number of nitrogens with zero attached hydrogens (tertiary/aromatic N) is 1. The van der Waals surface area contributed by atoms with Crippen molar-refractivity contribution in [2.75, 3.05) is 13.1 Å². The van der Waals surface area contributed by atoms with Gasteiger partial charge >= 0.3 is 6.09 Å². The predicted molar refractivity (Wildman–Crippen MR) is 85.7 cm³/mol. The number of benzene rings is 1.